The molecule has 0 aromatic heterocycles. The Morgan fingerprint density at radius 3 is 0.694 bits per heavy atom. The number of aliphatic hydroxyl groups is 1. The first-order valence-corrected chi connectivity index (χ1v) is 44.0. The lowest BCUT2D eigenvalue weighted by Gasteiger charge is -2.21. The number of aliphatic hydroxyl groups excluding tert-OH is 1. The molecule has 0 aliphatic rings. The van der Waals surface area contributed by atoms with Gasteiger partial charge in [0.2, 0.25) is 0 Å². The van der Waals surface area contributed by atoms with E-state index in [0.29, 0.717) is 31.6 Å². The van der Waals surface area contributed by atoms with Crippen molar-refractivity contribution in [3.05, 3.63) is 0 Å². The number of carbonyl (C=O) groups excluding carboxylic acids is 4. The highest BCUT2D eigenvalue weighted by molar-refractivity contribution is 7.47. The smallest absolute Gasteiger partial charge is 0.462 e. The minimum absolute atomic E-state index is 0.106. The molecule has 2 unspecified atom stereocenters. The first-order chi connectivity index (χ1) is 47.4. The Balaban J connectivity index is 5.20. The lowest BCUT2D eigenvalue weighted by molar-refractivity contribution is -0.161. The van der Waals surface area contributed by atoms with Crippen molar-refractivity contribution in [3.8, 4) is 0 Å². The van der Waals surface area contributed by atoms with Gasteiger partial charge in [0.15, 0.2) is 12.2 Å². The molecule has 3 N–H and O–H groups in total. The van der Waals surface area contributed by atoms with Gasteiger partial charge < -0.3 is 33.8 Å². The van der Waals surface area contributed by atoms with Gasteiger partial charge in [-0.15, -0.1) is 0 Å². The molecule has 0 aliphatic heterocycles. The zero-order chi connectivity index (χ0) is 72.1. The molecule has 19 heteroatoms. The van der Waals surface area contributed by atoms with Crippen LogP contribution >= 0.6 is 15.6 Å². The molecule has 0 heterocycles. The van der Waals surface area contributed by atoms with Crippen LogP contribution < -0.4 is 0 Å². The van der Waals surface area contributed by atoms with Gasteiger partial charge in [-0.05, 0) is 37.5 Å². The molecule has 582 valence electrons. The predicted molar refractivity (Wildman–Crippen MR) is 400 cm³/mol. The third-order valence-electron chi connectivity index (χ3n) is 18.5. The maximum atomic E-state index is 13.1. The predicted octanol–water partition coefficient (Wildman–Crippen LogP) is 23.5. The van der Waals surface area contributed by atoms with E-state index in [-0.39, 0.29) is 25.7 Å². The summed E-state index contributed by atoms with van der Waals surface area (Å²) in [5.74, 6) is -0.613. The lowest BCUT2D eigenvalue weighted by atomic mass is 10.0. The summed E-state index contributed by atoms with van der Waals surface area (Å²) in [6, 6.07) is 0. The monoisotopic (exact) mass is 1440 g/mol. The van der Waals surface area contributed by atoms with Crippen LogP contribution in [0.2, 0.25) is 0 Å². The quantitative estimate of drug-likeness (QED) is 0.0222. The van der Waals surface area contributed by atoms with Crippen molar-refractivity contribution in [1.82, 2.24) is 0 Å². The summed E-state index contributed by atoms with van der Waals surface area (Å²) in [4.78, 5) is 72.9. The largest absolute Gasteiger partial charge is 0.472 e. The highest BCUT2D eigenvalue weighted by Gasteiger charge is 2.30. The van der Waals surface area contributed by atoms with E-state index in [9.17, 15) is 43.2 Å². The molecule has 0 aliphatic carbocycles. The van der Waals surface area contributed by atoms with Gasteiger partial charge in [-0.2, -0.15) is 0 Å². The van der Waals surface area contributed by atoms with Crippen LogP contribution in [0.25, 0.3) is 0 Å². The van der Waals surface area contributed by atoms with E-state index in [1.807, 2.05) is 0 Å². The summed E-state index contributed by atoms with van der Waals surface area (Å²) >= 11 is 0. The number of unbranched alkanes of at least 4 members (excludes halogenated alkanes) is 48. The highest BCUT2D eigenvalue weighted by atomic mass is 31.2. The van der Waals surface area contributed by atoms with E-state index in [0.717, 1.165) is 102 Å². The molecule has 0 rings (SSSR count). The van der Waals surface area contributed by atoms with Crippen LogP contribution in [0.1, 0.15) is 414 Å². The molecule has 5 atom stereocenters. The number of phosphoric ester groups is 2. The molecule has 0 spiro atoms. The van der Waals surface area contributed by atoms with E-state index in [4.69, 9.17) is 37.0 Å². The van der Waals surface area contributed by atoms with Crippen LogP contribution in [0.15, 0.2) is 0 Å². The van der Waals surface area contributed by atoms with Gasteiger partial charge in [-0.25, -0.2) is 9.13 Å². The second-order valence-electron chi connectivity index (χ2n) is 29.4. The normalized spacial score (nSPS) is 13.9. The first kappa shape index (κ1) is 96.1. The molecule has 0 radical (unpaired) electrons. The van der Waals surface area contributed by atoms with Crippen LogP contribution in [-0.2, 0) is 65.4 Å². The van der Waals surface area contributed by atoms with Gasteiger partial charge in [-0.1, -0.05) is 363 Å². The molecule has 17 nitrogen and oxygen atoms in total. The summed E-state index contributed by atoms with van der Waals surface area (Å²) < 4.78 is 68.6. The van der Waals surface area contributed by atoms with Crippen molar-refractivity contribution in [1.29, 1.82) is 0 Å². The molecule has 0 saturated carbocycles. The number of phosphoric acid groups is 2. The van der Waals surface area contributed by atoms with Crippen LogP contribution in [0.5, 0.6) is 0 Å². The number of esters is 4. The standard InChI is InChI=1S/C79H154O17P2/c1-7-9-11-13-15-17-19-21-22-28-31-35-38-42-49-55-61-76(81)89-67-74(95-79(84)64-58-52-44-40-36-32-29-26-24-23-25-27-30-33-37-41-47-53-59-71(3)4)69-93-97(85,86)91-65-73(80)66-92-98(87,88)94-70-75(68-90-77(82)62-56-50-46-45-48-54-60-72(5)6)96-78(83)63-57-51-43-39-34-20-18-16-14-12-10-8-2/h71-75,80H,7-70H2,1-6H3,(H,85,86)(H,87,88)/t73-,74-,75-/m1/s1. The highest BCUT2D eigenvalue weighted by Crippen LogP contribution is 2.45. The summed E-state index contributed by atoms with van der Waals surface area (Å²) in [5, 5.41) is 10.6. The molecular formula is C79H154O17P2. The van der Waals surface area contributed by atoms with E-state index < -0.39 is 97.5 Å². The van der Waals surface area contributed by atoms with Crippen molar-refractivity contribution in [3.63, 3.8) is 0 Å². The van der Waals surface area contributed by atoms with E-state index in [2.05, 4.69) is 41.5 Å². The van der Waals surface area contributed by atoms with Crippen LogP contribution in [0.3, 0.4) is 0 Å². The van der Waals surface area contributed by atoms with Gasteiger partial charge in [0.1, 0.15) is 19.3 Å². The van der Waals surface area contributed by atoms with Crippen LogP contribution in [-0.4, -0.2) is 96.7 Å². The zero-order valence-corrected chi connectivity index (χ0v) is 65.9. The van der Waals surface area contributed by atoms with E-state index >= 15 is 0 Å². The van der Waals surface area contributed by atoms with Crippen LogP contribution in [0.4, 0.5) is 0 Å². The summed E-state index contributed by atoms with van der Waals surface area (Å²) in [6.45, 7) is 9.57. The van der Waals surface area contributed by atoms with Crippen molar-refractivity contribution in [2.45, 2.75) is 432 Å². The number of ether oxygens (including phenoxy) is 4. The SMILES string of the molecule is CCCCCCCCCCCCCCCCCCC(=O)OC[C@H](COP(=O)(O)OC[C@@H](O)COP(=O)(O)OC[C@@H](COC(=O)CCCCCCCCC(C)C)OC(=O)CCCCCCCCCCCCCC)OC(=O)CCCCCCCCCCCCCCCCCCCCC(C)C. The number of hydrogen-bond acceptors (Lipinski definition) is 15. The van der Waals surface area contributed by atoms with Gasteiger partial charge in [0, 0.05) is 25.7 Å². The van der Waals surface area contributed by atoms with Crippen molar-refractivity contribution in [2.75, 3.05) is 39.6 Å². The Hall–Kier alpha value is -1.94. The van der Waals surface area contributed by atoms with Crippen molar-refractivity contribution in [2.24, 2.45) is 11.8 Å². The third-order valence-corrected chi connectivity index (χ3v) is 20.4. The van der Waals surface area contributed by atoms with Crippen LogP contribution in [0, 0.1) is 11.8 Å². The number of carbonyl (C=O) groups is 4. The number of hydrogen-bond donors (Lipinski definition) is 3. The van der Waals surface area contributed by atoms with Gasteiger partial charge in [0.05, 0.1) is 26.4 Å². The summed E-state index contributed by atoms with van der Waals surface area (Å²) in [6.07, 6.45) is 59.8. The molecule has 0 bridgehead atoms. The Morgan fingerprint density at radius 1 is 0.276 bits per heavy atom. The molecule has 0 saturated heterocycles. The molecule has 0 amide bonds. The average molecular weight is 1440 g/mol. The van der Waals surface area contributed by atoms with Crippen molar-refractivity contribution >= 4 is 39.5 Å². The minimum atomic E-state index is -4.96. The molecule has 0 aromatic carbocycles. The lowest BCUT2D eigenvalue weighted by Crippen LogP contribution is -2.30. The maximum Gasteiger partial charge on any atom is 0.472 e. The average Bonchev–Trinajstić information content (AvgIpc) is 0.937. The Morgan fingerprint density at radius 2 is 0.469 bits per heavy atom. The third kappa shape index (κ3) is 72.4. The number of rotatable bonds is 78. The Kier molecular flexibility index (Phi) is 69.3. The van der Waals surface area contributed by atoms with E-state index in [1.54, 1.807) is 0 Å². The molecule has 0 fully saturated rings. The second kappa shape index (κ2) is 70.7. The fraction of sp³-hybridized carbons (Fsp3) is 0.949. The molecule has 98 heavy (non-hydrogen) atoms. The topological polar surface area (TPSA) is 237 Å². The fourth-order valence-corrected chi connectivity index (χ4v) is 13.8. The molecular weight excluding hydrogens is 1280 g/mol. The Bertz CT molecular complexity index is 1890. The maximum absolute atomic E-state index is 13.1. The summed E-state index contributed by atoms with van der Waals surface area (Å²) in [7, 11) is -9.91. The van der Waals surface area contributed by atoms with Gasteiger partial charge in [0.25, 0.3) is 0 Å². The Labute approximate surface area is 600 Å². The fourth-order valence-electron chi connectivity index (χ4n) is 12.2. The van der Waals surface area contributed by atoms with Gasteiger partial charge in [-0.3, -0.25) is 37.3 Å². The summed E-state index contributed by atoms with van der Waals surface area (Å²) in [5.41, 5.74) is 0. The molecule has 0 aromatic rings. The van der Waals surface area contributed by atoms with Gasteiger partial charge >= 0.3 is 39.5 Å². The van der Waals surface area contributed by atoms with Crippen molar-refractivity contribution < 1.29 is 80.2 Å². The zero-order valence-electron chi connectivity index (χ0n) is 64.1. The minimum Gasteiger partial charge on any atom is -0.462 e. The second-order valence-corrected chi connectivity index (χ2v) is 32.3. The van der Waals surface area contributed by atoms with E-state index in [1.165, 1.54) is 225 Å². The first-order valence-electron chi connectivity index (χ1n) is 41.0.